The van der Waals surface area contributed by atoms with Crippen molar-refractivity contribution >= 4 is 18.0 Å². The Labute approximate surface area is 148 Å². The van der Waals surface area contributed by atoms with E-state index in [-0.39, 0.29) is 5.91 Å². The maximum Gasteiger partial charge on any atom is 0.332 e. The van der Waals surface area contributed by atoms with Crippen molar-refractivity contribution in [1.82, 2.24) is 9.80 Å². The Hall–Kier alpha value is -2.60. The summed E-state index contributed by atoms with van der Waals surface area (Å²) in [5.74, 6) is -0.390. The van der Waals surface area contributed by atoms with Crippen LogP contribution in [-0.2, 0) is 14.3 Å². The largest absolute Gasteiger partial charge is 0.461 e. The second kappa shape index (κ2) is 9.64. The number of hydrogen-bond donors (Lipinski definition) is 1. The van der Waals surface area contributed by atoms with Crippen LogP contribution in [0, 0.1) is 0 Å². The third-order valence-corrected chi connectivity index (χ3v) is 3.90. The molecule has 2 N–H and O–H groups in total. The zero-order chi connectivity index (χ0) is 18.1. The third-order valence-electron chi connectivity index (χ3n) is 3.90. The maximum atomic E-state index is 12.2. The topological polar surface area (TPSA) is 75.9 Å². The number of ether oxygens (including phenoxy) is 1. The molecule has 0 aromatic heterocycles. The lowest BCUT2D eigenvalue weighted by Gasteiger charge is -2.34. The smallest absolute Gasteiger partial charge is 0.332 e. The molecule has 1 aromatic carbocycles. The highest BCUT2D eigenvalue weighted by molar-refractivity contribution is 5.91. The third kappa shape index (κ3) is 6.81. The van der Waals surface area contributed by atoms with Crippen LogP contribution in [0.5, 0.6) is 0 Å². The molecule has 6 nitrogen and oxygen atoms in total. The Kier molecular flexibility index (Phi) is 7.22. The highest BCUT2D eigenvalue weighted by atomic mass is 16.5. The first kappa shape index (κ1) is 18.7. The van der Waals surface area contributed by atoms with Crippen molar-refractivity contribution in [3.05, 3.63) is 53.7 Å². The van der Waals surface area contributed by atoms with Gasteiger partial charge in [0.1, 0.15) is 6.61 Å². The molecule has 0 unspecified atom stereocenters. The van der Waals surface area contributed by atoms with Crippen molar-refractivity contribution in [1.29, 1.82) is 0 Å². The van der Waals surface area contributed by atoms with Crippen molar-refractivity contribution < 1.29 is 14.3 Å². The number of nitrogens with zero attached hydrogens (tertiary/aromatic N) is 2. The minimum Gasteiger partial charge on any atom is -0.461 e. The van der Waals surface area contributed by atoms with Crippen LogP contribution in [0.2, 0.25) is 0 Å². The van der Waals surface area contributed by atoms with Crippen LogP contribution in [0.25, 0.3) is 6.08 Å². The number of esters is 1. The number of carbonyl (C=O) groups excluding carboxylic acids is 2. The molecule has 25 heavy (non-hydrogen) atoms. The van der Waals surface area contributed by atoms with E-state index in [0.717, 1.165) is 18.7 Å². The lowest BCUT2D eigenvalue weighted by atomic mass is 10.2. The van der Waals surface area contributed by atoms with E-state index in [2.05, 4.69) is 4.90 Å². The quantitative estimate of drug-likeness (QED) is 0.621. The second-order valence-corrected chi connectivity index (χ2v) is 5.97. The summed E-state index contributed by atoms with van der Waals surface area (Å²) in [6.45, 7) is 5.52. The van der Waals surface area contributed by atoms with Gasteiger partial charge in [-0.25, -0.2) is 4.79 Å². The van der Waals surface area contributed by atoms with Gasteiger partial charge >= 0.3 is 5.97 Å². The van der Waals surface area contributed by atoms with E-state index < -0.39 is 5.97 Å². The van der Waals surface area contributed by atoms with Gasteiger partial charge in [-0.1, -0.05) is 30.3 Å². The number of allylic oxidation sites excluding steroid dienone is 1. The first-order valence-corrected chi connectivity index (χ1v) is 8.39. The Balaban J connectivity index is 1.69. The summed E-state index contributed by atoms with van der Waals surface area (Å²) < 4.78 is 5.09. The molecular weight excluding hydrogens is 318 g/mol. The molecule has 0 bridgehead atoms. The molecule has 1 amide bonds. The standard InChI is InChI=1S/C19H25N3O3/c1-16(20)15-19(24)25-14-13-21-9-11-22(12-10-21)18(23)8-7-17-5-3-2-4-6-17/h2-8,15H,9-14,20H2,1H3/b8-7+,16-15-. The fourth-order valence-corrected chi connectivity index (χ4v) is 2.53. The molecule has 134 valence electrons. The lowest BCUT2D eigenvalue weighted by molar-refractivity contribution is -0.138. The Bertz CT molecular complexity index is 629. The summed E-state index contributed by atoms with van der Waals surface area (Å²) in [5.41, 5.74) is 6.86. The van der Waals surface area contributed by atoms with Crippen LogP contribution < -0.4 is 5.73 Å². The predicted octanol–water partition coefficient (Wildman–Crippen LogP) is 1.25. The number of hydrogen-bond acceptors (Lipinski definition) is 5. The average Bonchev–Trinajstić information content (AvgIpc) is 2.60. The first-order valence-electron chi connectivity index (χ1n) is 8.39. The molecule has 2 rings (SSSR count). The second-order valence-electron chi connectivity index (χ2n) is 5.97. The molecular formula is C19H25N3O3. The lowest BCUT2D eigenvalue weighted by Crippen LogP contribution is -2.49. The van der Waals surface area contributed by atoms with Crippen molar-refractivity contribution in [3.8, 4) is 0 Å². The van der Waals surface area contributed by atoms with Gasteiger partial charge in [0.25, 0.3) is 0 Å². The van der Waals surface area contributed by atoms with Gasteiger partial charge in [0.15, 0.2) is 0 Å². The summed E-state index contributed by atoms with van der Waals surface area (Å²) in [6, 6.07) is 9.76. The van der Waals surface area contributed by atoms with Crippen LogP contribution in [0.4, 0.5) is 0 Å². The number of benzene rings is 1. The Morgan fingerprint density at radius 2 is 1.84 bits per heavy atom. The molecule has 0 atom stereocenters. The molecule has 6 heteroatoms. The van der Waals surface area contributed by atoms with E-state index in [4.69, 9.17) is 10.5 Å². The first-order chi connectivity index (χ1) is 12.0. The van der Waals surface area contributed by atoms with E-state index in [9.17, 15) is 9.59 Å². The van der Waals surface area contributed by atoms with Gasteiger partial charge in [-0.15, -0.1) is 0 Å². The molecule has 0 saturated carbocycles. The fraction of sp³-hybridized carbons (Fsp3) is 0.368. The molecule has 0 spiro atoms. The predicted molar refractivity (Wildman–Crippen MR) is 97.4 cm³/mol. The van der Waals surface area contributed by atoms with Crippen LogP contribution in [0.15, 0.2) is 48.2 Å². The minimum atomic E-state index is -0.417. The number of piperazine rings is 1. The van der Waals surface area contributed by atoms with E-state index in [1.165, 1.54) is 6.08 Å². The average molecular weight is 343 g/mol. The van der Waals surface area contributed by atoms with E-state index in [1.807, 2.05) is 41.3 Å². The monoisotopic (exact) mass is 343 g/mol. The van der Waals surface area contributed by atoms with Gasteiger partial charge in [-0.05, 0) is 18.6 Å². The SMILES string of the molecule is C/C(N)=C/C(=O)OCCN1CCN(C(=O)/C=C/c2ccccc2)CC1. The summed E-state index contributed by atoms with van der Waals surface area (Å²) in [5, 5.41) is 0. The summed E-state index contributed by atoms with van der Waals surface area (Å²) >= 11 is 0. The van der Waals surface area contributed by atoms with Gasteiger partial charge in [-0.2, -0.15) is 0 Å². The number of carbonyl (C=O) groups is 2. The normalized spacial score (nSPS) is 16.2. The molecule has 1 heterocycles. The fourth-order valence-electron chi connectivity index (χ4n) is 2.53. The van der Waals surface area contributed by atoms with Crippen LogP contribution >= 0.6 is 0 Å². The highest BCUT2D eigenvalue weighted by Crippen LogP contribution is 2.05. The van der Waals surface area contributed by atoms with E-state index in [1.54, 1.807) is 13.0 Å². The van der Waals surface area contributed by atoms with Crippen LogP contribution in [-0.4, -0.2) is 61.0 Å². The number of rotatable bonds is 6. The Morgan fingerprint density at radius 1 is 1.16 bits per heavy atom. The molecule has 1 aliphatic heterocycles. The molecule has 1 saturated heterocycles. The van der Waals surface area contributed by atoms with Gasteiger partial charge in [0.2, 0.25) is 5.91 Å². The van der Waals surface area contributed by atoms with Crippen molar-refractivity contribution in [3.63, 3.8) is 0 Å². The molecule has 1 fully saturated rings. The Morgan fingerprint density at radius 3 is 2.48 bits per heavy atom. The van der Waals surface area contributed by atoms with Gasteiger partial charge in [0, 0.05) is 50.6 Å². The van der Waals surface area contributed by atoms with Crippen molar-refractivity contribution in [2.24, 2.45) is 5.73 Å². The van der Waals surface area contributed by atoms with E-state index in [0.29, 0.717) is 31.9 Å². The van der Waals surface area contributed by atoms with Crippen LogP contribution in [0.3, 0.4) is 0 Å². The number of nitrogens with two attached hydrogens (primary N) is 1. The van der Waals surface area contributed by atoms with Crippen LogP contribution in [0.1, 0.15) is 12.5 Å². The van der Waals surface area contributed by atoms with Crippen molar-refractivity contribution in [2.45, 2.75) is 6.92 Å². The zero-order valence-corrected chi connectivity index (χ0v) is 14.6. The highest BCUT2D eigenvalue weighted by Gasteiger charge is 2.19. The molecule has 1 aromatic rings. The van der Waals surface area contributed by atoms with Gasteiger partial charge in [-0.3, -0.25) is 9.69 Å². The summed E-state index contributed by atoms with van der Waals surface area (Å²) in [7, 11) is 0. The molecule has 1 aliphatic rings. The summed E-state index contributed by atoms with van der Waals surface area (Å²) in [4.78, 5) is 27.6. The van der Waals surface area contributed by atoms with Gasteiger partial charge < -0.3 is 15.4 Å². The summed E-state index contributed by atoms with van der Waals surface area (Å²) in [6.07, 6.45) is 4.73. The molecule has 0 radical (unpaired) electrons. The number of amides is 1. The van der Waals surface area contributed by atoms with Gasteiger partial charge in [0.05, 0.1) is 0 Å². The van der Waals surface area contributed by atoms with E-state index >= 15 is 0 Å². The zero-order valence-electron chi connectivity index (χ0n) is 14.6. The minimum absolute atomic E-state index is 0.0264. The maximum absolute atomic E-state index is 12.2. The van der Waals surface area contributed by atoms with Crippen molar-refractivity contribution in [2.75, 3.05) is 39.3 Å². The molecule has 0 aliphatic carbocycles.